The van der Waals surface area contributed by atoms with Gasteiger partial charge in [0.2, 0.25) is 16.0 Å². The van der Waals surface area contributed by atoms with E-state index < -0.39 is 10.2 Å². The van der Waals surface area contributed by atoms with Crippen molar-refractivity contribution < 1.29 is 28.9 Å². The molecule has 0 fully saturated rings. The van der Waals surface area contributed by atoms with Crippen LogP contribution in [0.25, 0.3) is 21.7 Å². The van der Waals surface area contributed by atoms with Crippen molar-refractivity contribution in [3.8, 4) is 0 Å². The molecule has 0 saturated heterocycles. The summed E-state index contributed by atoms with van der Waals surface area (Å²) in [6, 6.07) is 15.7. The van der Waals surface area contributed by atoms with E-state index in [4.69, 9.17) is 18.6 Å². The highest BCUT2D eigenvalue weighted by molar-refractivity contribution is 8.03. The van der Waals surface area contributed by atoms with Crippen molar-refractivity contribution in [1.29, 1.82) is 0 Å². The molecule has 1 aliphatic heterocycles. The fourth-order valence-electron chi connectivity index (χ4n) is 3.07. The van der Waals surface area contributed by atoms with Gasteiger partial charge in [0, 0.05) is 27.3 Å². The fraction of sp³-hybridized carbons (Fsp3) is 0.136. The van der Waals surface area contributed by atoms with Crippen LogP contribution in [0.5, 0.6) is 0 Å². The SMILES string of the molecule is CC1=C/C(=C\c2cc[s+]c3cc(C)ccc23)Sc2cc(C)ccc21.[O-][Cl+3]([O-])([O-])[O-]. The number of halogens is 1. The smallest absolute Gasteiger partial charge is 0.222 e. The number of aryl methyl sites for hydroxylation is 2. The molecule has 2 heterocycles. The molecule has 0 saturated carbocycles. The van der Waals surface area contributed by atoms with E-state index in [1.54, 1.807) is 11.3 Å². The molecule has 0 amide bonds. The number of thioether (sulfide) groups is 1. The number of allylic oxidation sites excluding steroid dienone is 2. The maximum absolute atomic E-state index is 8.49. The normalized spacial score (nSPS) is 14.9. The second-order valence-corrected chi connectivity index (χ2v) is 9.55. The summed E-state index contributed by atoms with van der Waals surface area (Å²) in [5, 5.41) is 3.53. The Bertz CT molecular complexity index is 1110. The summed E-state index contributed by atoms with van der Waals surface area (Å²) in [6.07, 6.45) is 4.63. The van der Waals surface area contributed by atoms with Crippen molar-refractivity contribution in [2.75, 3.05) is 0 Å². The van der Waals surface area contributed by atoms with Gasteiger partial charge in [-0.3, -0.25) is 0 Å². The quantitative estimate of drug-likeness (QED) is 0.535. The van der Waals surface area contributed by atoms with E-state index in [1.165, 1.54) is 47.7 Å². The molecule has 0 spiro atoms. The first kappa shape index (κ1) is 21.9. The summed E-state index contributed by atoms with van der Waals surface area (Å²) < 4.78 is 35.3. The maximum atomic E-state index is 8.49. The van der Waals surface area contributed by atoms with E-state index >= 15 is 0 Å². The molecule has 4 rings (SSSR count). The van der Waals surface area contributed by atoms with Crippen LogP contribution in [0.4, 0.5) is 0 Å². The van der Waals surface area contributed by atoms with E-state index in [0.717, 1.165) is 0 Å². The average molecular weight is 447 g/mol. The highest BCUT2D eigenvalue weighted by atomic mass is 35.7. The van der Waals surface area contributed by atoms with Crippen LogP contribution in [0, 0.1) is 24.1 Å². The van der Waals surface area contributed by atoms with Crippen molar-refractivity contribution in [3.63, 3.8) is 0 Å². The highest BCUT2D eigenvalue weighted by Gasteiger charge is 2.15. The molecule has 4 nitrogen and oxygen atoms in total. The van der Waals surface area contributed by atoms with Gasteiger partial charge in [0.05, 0.1) is 0 Å². The molecule has 3 aromatic rings. The Morgan fingerprint density at radius 1 is 0.897 bits per heavy atom. The Hall–Kier alpha value is -1.77. The standard InChI is InChI=1S/C22H19S2.ClHO4/c1-14-5-7-20-17(8-9-23-21(20)10-14)13-18-12-16(3)19-6-4-15(2)11-22(19)24-18;2-1(3,4)5/h4-13H,1-3H3;(H,2,3,4,5)/q+1;/p-1. The second kappa shape index (κ2) is 8.93. The fourth-order valence-corrected chi connectivity index (χ4v) is 5.26. The number of benzene rings is 2. The third-order valence-electron chi connectivity index (χ3n) is 4.34. The van der Waals surface area contributed by atoms with Crippen molar-refractivity contribution in [3.05, 3.63) is 81.1 Å². The lowest BCUT2D eigenvalue weighted by Gasteiger charge is -2.17. The van der Waals surface area contributed by atoms with E-state index in [9.17, 15) is 0 Å². The lowest BCUT2D eigenvalue weighted by Crippen LogP contribution is -2.68. The van der Waals surface area contributed by atoms with E-state index in [-0.39, 0.29) is 0 Å². The molecule has 150 valence electrons. The van der Waals surface area contributed by atoms with Crippen molar-refractivity contribution in [2.24, 2.45) is 0 Å². The number of fused-ring (bicyclic) bond motifs is 2. The lowest BCUT2D eigenvalue weighted by atomic mass is 10.0. The molecule has 29 heavy (non-hydrogen) atoms. The Labute approximate surface area is 180 Å². The largest absolute Gasteiger partial charge is 0.238 e. The van der Waals surface area contributed by atoms with Crippen LogP contribution < -0.4 is 18.6 Å². The lowest BCUT2D eigenvalue weighted by molar-refractivity contribution is -2.00. The molecule has 0 atom stereocenters. The van der Waals surface area contributed by atoms with Gasteiger partial charge in [-0.05, 0) is 72.9 Å². The van der Waals surface area contributed by atoms with Gasteiger partial charge in [0.25, 0.3) is 0 Å². The molecular weight excluding hydrogens is 428 g/mol. The Balaban J connectivity index is 0.000000431. The van der Waals surface area contributed by atoms with Crippen LogP contribution in [-0.2, 0) is 0 Å². The van der Waals surface area contributed by atoms with Gasteiger partial charge in [-0.15, -0.1) is 10.2 Å². The minimum absolute atomic E-state index is 1.30. The van der Waals surface area contributed by atoms with Crippen LogP contribution in [0.1, 0.15) is 29.2 Å². The number of hydrogen-bond acceptors (Lipinski definition) is 5. The zero-order valence-electron chi connectivity index (χ0n) is 16.1. The molecular formula is C22H19ClO4S2. The highest BCUT2D eigenvalue weighted by Crippen LogP contribution is 2.41. The average Bonchev–Trinajstić information content (AvgIpc) is 2.60. The Morgan fingerprint density at radius 2 is 1.55 bits per heavy atom. The van der Waals surface area contributed by atoms with Crippen LogP contribution in [-0.4, -0.2) is 0 Å². The van der Waals surface area contributed by atoms with Gasteiger partial charge >= 0.3 is 0 Å². The minimum Gasteiger partial charge on any atom is -0.222 e. The predicted octanol–water partition coefficient (Wildman–Crippen LogP) is 2.59. The maximum Gasteiger partial charge on any atom is 0.238 e. The first-order valence-electron chi connectivity index (χ1n) is 8.72. The third kappa shape index (κ3) is 6.10. The van der Waals surface area contributed by atoms with Crippen LogP contribution >= 0.6 is 23.1 Å². The summed E-state index contributed by atoms with van der Waals surface area (Å²) in [4.78, 5) is 2.67. The summed E-state index contributed by atoms with van der Waals surface area (Å²) >= 11 is 3.68. The van der Waals surface area contributed by atoms with E-state index in [0.29, 0.717) is 0 Å². The molecule has 0 N–H and O–H groups in total. The molecule has 0 aliphatic carbocycles. The van der Waals surface area contributed by atoms with Crippen molar-refractivity contribution >= 4 is 44.8 Å². The van der Waals surface area contributed by atoms with Gasteiger partial charge < -0.3 is 0 Å². The van der Waals surface area contributed by atoms with Crippen LogP contribution in [0.2, 0.25) is 0 Å². The zero-order chi connectivity index (χ0) is 21.2. The van der Waals surface area contributed by atoms with Gasteiger partial charge in [-0.1, -0.05) is 30.0 Å². The molecule has 7 heteroatoms. The van der Waals surface area contributed by atoms with Crippen molar-refractivity contribution in [2.45, 2.75) is 25.7 Å². The molecule has 1 aliphatic rings. The summed E-state index contributed by atoms with van der Waals surface area (Å²) in [5.74, 6) is 0. The minimum atomic E-state index is -4.94. The van der Waals surface area contributed by atoms with Crippen molar-refractivity contribution in [1.82, 2.24) is 0 Å². The zero-order valence-corrected chi connectivity index (χ0v) is 18.5. The molecule has 1 aromatic heterocycles. The third-order valence-corrected chi connectivity index (χ3v) is 6.23. The van der Waals surface area contributed by atoms with Crippen LogP contribution in [0.3, 0.4) is 0 Å². The van der Waals surface area contributed by atoms with Crippen LogP contribution in [0.15, 0.2) is 63.7 Å². The first-order chi connectivity index (χ1) is 13.6. The Morgan fingerprint density at radius 3 is 2.28 bits per heavy atom. The first-order valence-corrected chi connectivity index (χ1v) is 11.6. The topological polar surface area (TPSA) is 92.2 Å². The molecule has 0 radical (unpaired) electrons. The van der Waals surface area contributed by atoms with Gasteiger partial charge in [-0.2, -0.15) is 0 Å². The monoisotopic (exact) mass is 446 g/mol. The summed E-state index contributed by atoms with van der Waals surface area (Å²) in [5.41, 5.74) is 6.63. The predicted molar refractivity (Wildman–Crippen MR) is 110 cm³/mol. The number of hydrogen-bond donors (Lipinski definition) is 0. The summed E-state index contributed by atoms with van der Waals surface area (Å²) in [6.45, 7) is 6.52. The summed E-state index contributed by atoms with van der Waals surface area (Å²) in [7, 11) is -4.94. The van der Waals surface area contributed by atoms with Gasteiger partial charge in [0.1, 0.15) is 0 Å². The molecule has 2 aromatic carbocycles. The van der Waals surface area contributed by atoms with Gasteiger partial charge in [-0.25, -0.2) is 18.6 Å². The second-order valence-electron chi connectivity index (χ2n) is 6.73. The van der Waals surface area contributed by atoms with E-state index in [2.05, 4.69) is 80.8 Å². The van der Waals surface area contributed by atoms with E-state index in [1.807, 2.05) is 11.8 Å². The van der Waals surface area contributed by atoms with Gasteiger partial charge in [0.15, 0.2) is 5.38 Å². The number of rotatable bonds is 1. The molecule has 0 bridgehead atoms. The molecule has 0 unspecified atom stereocenters. The Kier molecular flexibility index (Phi) is 6.76.